The number of carbonyl (C=O) groups is 1. The largest absolute Gasteiger partial charge is 0.351 e. The number of benzene rings is 2. The summed E-state index contributed by atoms with van der Waals surface area (Å²) >= 11 is 0. The summed E-state index contributed by atoms with van der Waals surface area (Å²) in [4.78, 5) is 14.6. The minimum absolute atomic E-state index is 0.0763. The summed E-state index contributed by atoms with van der Waals surface area (Å²) in [5, 5.41) is 2.98. The third-order valence-corrected chi connectivity index (χ3v) is 5.28. The summed E-state index contributed by atoms with van der Waals surface area (Å²) in [6, 6.07) is 16.6. The minimum atomic E-state index is -0.424. The Morgan fingerprint density at radius 3 is 2.52 bits per heavy atom. The van der Waals surface area contributed by atoms with Gasteiger partial charge in [0.15, 0.2) is 0 Å². The van der Waals surface area contributed by atoms with Gasteiger partial charge in [-0.3, -0.25) is 9.69 Å². The first kappa shape index (κ1) is 19.6. The Kier molecular flexibility index (Phi) is 7.02. The van der Waals surface area contributed by atoms with Crippen LogP contribution in [0.1, 0.15) is 43.7 Å². The quantitative estimate of drug-likeness (QED) is 0.750. The lowest BCUT2D eigenvalue weighted by Crippen LogP contribution is -2.40. The maximum Gasteiger partial charge on any atom is 0.237 e. The number of rotatable bonds is 8. The van der Waals surface area contributed by atoms with Crippen LogP contribution in [0.2, 0.25) is 0 Å². The van der Waals surface area contributed by atoms with E-state index < -0.39 is 6.04 Å². The van der Waals surface area contributed by atoms with Crippen molar-refractivity contribution in [2.24, 2.45) is 5.73 Å². The molecule has 0 spiro atoms. The number of amides is 1. The highest BCUT2D eigenvalue weighted by Gasteiger charge is 2.14. The average Bonchev–Trinajstić information content (AvgIpc) is 3.20. The SMILES string of the molecule is CCCC(N)C(=O)NCc1ccccc1-c1ccc(CN2CCCC2)cc1. The molecule has 2 aromatic rings. The van der Waals surface area contributed by atoms with Crippen molar-refractivity contribution in [3.8, 4) is 11.1 Å². The molecule has 4 heteroatoms. The van der Waals surface area contributed by atoms with Gasteiger partial charge in [0.2, 0.25) is 5.91 Å². The van der Waals surface area contributed by atoms with Crippen LogP contribution in [-0.2, 0) is 17.9 Å². The number of nitrogens with two attached hydrogens (primary N) is 1. The first-order valence-electron chi connectivity index (χ1n) is 10.1. The molecule has 1 atom stereocenters. The van der Waals surface area contributed by atoms with E-state index in [0.717, 1.165) is 24.1 Å². The molecule has 2 aromatic carbocycles. The van der Waals surface area contributed by atoms with Gasteiger partial charge in [0, 0.05) is 13.1 Å². The molecule has 0 radical (unpaired) electrons. The molecule has 1 aliphatic rings. The number of nitrogens with zero attached hydrogens (tertiary/aromatic N) is 1. The lowest BCUT2D eigenvalue weighted by atomic mass is 9.98. The number of likely N-dealkylation sites (tertiary alicyclic amines) is 1. The molecule has 4 nitrogen and oxygen atoms in total. The third-order valence-electron chi connectivity index (χ3n) is 5.28. The molecule has 1 amide bonds. The van der Waals surface area contributed by atoms with Crippen LogP contribution in [-0.4, -0.2) is 29.9 Å². The van der Waals surface area contributed by atoms with Crippen LogP contribution in [0.25, 0.3) is 11.1 Å². The van der Waals surface area contributed by atoms with Gasteiger partial charge in [-0.1, -0.05) is 61.9 Å². The predicted molar refractivity (Wildman–Crippen MR) is 111 cm³/mol. The van der Waals surface area contributed by atoms with Gasteiger partial charge in [0.05, 0.1) is 6.04 Å². The Balaban J connectivity index is 1.66. The second-order valence-electron chi connectivity index (χ2n) is 7.45. The molecule has 144 valence electrons. The van der Waals surface area contributed by atoms with Crippen molar-refractivity contribution in [1.82, 2.24) is 10.2 Å². The minimum Gasteiger partial charge on any atom is -0.351 e. The van der Waals surface area contributed by atoms with E-state index in [9.17, 15) is 4.79 Å². The number of hydrogen-bond donors (Lipinski definition) is 2. The van der Waals surface area contributed by atoms with E-state index in [0.29, 0.717) is 13.0 Å². The third kappa shape index (κ3) is 5.41. The van der Waals surface area contributed by atoms with Crippen molar-refractivity contribution in [2.75, 3.05) is 13.1 Å². The van der Waals surface area contributed by atoms with Crippen LogP contribution in [0.5, 0.6) is 0 Å². The van der Waals surface area contributed by atoms with Crippen LogP contribution in [0.4, 0.5) is 0 Å². The summed E-state index contributed by atoms with van der Waals surface area (Å²) in [7, 11) is 0. The maximum absolute atomic E-state index is 12.1. The standard InChI is InChI=1S/C23H31N3O/c1-2-7-22(24)23(27)25-16-20-8-3-4-9-21(20)19-12-10-18(11-13-19)17-26-14-5-6-15-26/h3-4,8-13,22H,2,5-7,14-17,24H2,1H3,(H,25,27). The Labute approximate surface area is 162 Å². The summed E-state index contributed by atoms with van der Waals surface area (Å²) in [5.74, 6) is -0.0763. The Bertz CT molecular complexity index is 736. The van der Waals surface area contributed by atoms with Crippen LogP contribution >= 0.6 is 0 Å². The zero-order valence-corrected chi connectivity index (χ0v) is 16.3. The molecular weight excluding hydrogens is 334 g/mol. The molecular formula is C23H31N3O. The van der Waals surface area contributed by atoms with E-state index in [1.165, 1.54) is 37.1 Å². The molecule has 3 rings (SSSR count). The fourth-order valence-electron chi connectivity index (χ4n) is 3.70. The molecule has 27 heavy (non-hydrogen) atoms. The highest BCUT2D eigenvalue weighted by molar-refractivity contribution is 5.81. The molecule has 0 bridgehead atoms. The van der Waals surface area contributed by atoms with Crippen LogP contribution < -0.4 is 11.1 Å². The van der Waals surface area contributed by atoms with E-state index in [-0.39, 0.29) is 5.91 Å². The van der Waals surface area contributed by atoms with E-state index in [1.54, 1.807) is 0 Å². The van der Waals surface area contributed by atoms with Gasteiger partial charge in [-0.2, -0.15) is 0 Å². The van der Waals surface area contributed by atoms with Crippen molar-refractivity contribution in [3.63, 3.8) is 0 Å². The Morgan fingerprint density at radius 1 is 1.11 bits per heavy atom. The Hall–Kier alpha value is -2.17. The van der Waals surface area contributed by atoms with Gasteiger partial charge in [-0.15, -0.1) is 0 Å². The second-order valence-corrected chi connectivity index (χ2v) is 7.45. The summed E-state index contributed by atoms with van der Waals surface area (Å²) in [6.45, 7) is 6.00. The van der Waals surface area contributed by atoms with Gasteiger partial charge >= 0.3 is 0 Å². The fourth-order valence-corrected chi connectivity index (χ4v) is 3.70. The number of hydrogen-bond acceptors (Lipinski definition) is 3. The zero-order chi connectivity index (χ0) is 19.1. The van der Waals surface area contributed by atoms with Gasteiger partial charge in [-0.25, -0.2) is 0 Å². The van der Waals surface area contributed by atoms with Gasteiger partial charge in [-0.05, 0) is 54.6 Å². The van der Waals surface area contributed by atoms with Crippen LogP contribution in [0, 0.1) is 0 Å². The maximum atomic E-state index is 12.1. The van der Waals surface area contributed by atoms with Crippen molar-refractivity contribution in [2.45, 2.75) is 51.7 Å². The van der Waals surface area contributed by atoms with Crippen molar-refractivity contribution in [1.29, 1.82) is 0 Å². The number of carbonyl (C=O) groups excluding carboxylic acids is 1. The first-order valence-corrected chi connectivity index (χ1v) is 10.1. The molecule has 0 saturated carbocycles. The zero-order valence-electron chi connectivity index (χ0n) is 16.3. The lowest BCUT2D eigenvalue weighted by molar-refractivity contribution is -0.122. The first-order chi connectivity index (χ1) is 13.2. The van der Waals surface area contributed by atoms with Crippen molar-refractivity contribution < 1.29 is 4.79 Å². The highest BCUT2D eigenvalue weighted by Crippen LogP contribution is 2.25. The smallest absolute Gasteiger partial charge is 0.237 e. The van der Waals surface area contributed by atoms with Gasteiger partial charge < -0.3 is 11.1 Å². The van der Waals surface area contributed by atoms with E-state index in [4.69, 9.17) is 5.73 Å². The summed E-state index contributed by atoms with van der Waals surface area (Å²) in [5.41, 5.74) is 10.7. The fraction of sp³-hybridized carbons (Fsp3) is 0.435. The van der Waals surface area contributed by atoms with E-state index in [2.05, 4.69) is 46.6 Å². The van der Waals surface area contributed by atoms with Crippen molar-refractivity contribution in [3.05, 3.63) is 59.7 Å². The molecule has 1 aliphatic heterocycles. The molecule has 1 heterocycles. The van der Waals surface area contributed by atoms with Crippen LogP contribution in [0.15, 0.2) is 48.5 Å². The second kappa shape index (κ2) is 9.67. The monoisotopic (exact) mass is 365 g/mol. The van der Waals surface area contributed by atoms with Gasteiger partial charge in [0.25, 0.3) is 0 Å². The average molecular weight is 366 g/mol. The lowest BCUT2D eigenvalue weighted by Gasteiger charge is -2.16. The predicted octanol–water partition coefficient (Wildman–Crippen LogP) is 3.69. The molecule has 1 fully saturated rings. The number of nitrogens with one attached hydrogen (secondary N) is 1. The highest BCUT2D eigenvalue weighted by atomic mass is 16.2. The van der Waals surface area contributed by atoms with Gasteiger partial charge in [0.1, 0.15) is 0 Å². The molecule has 3 N–H and O–H groups in total. The Morgan fingerprint density at radius 2 is 1.81 bits per heavy atom. The summed E-state index contributed by atoms with van der Waals surface area (Å²) in [6.07, 6.45) is 4.26. The summed E-state index contributed by atoms with van der Waals surface area (Å²) < 4.78 is 0. The molecule has 0 aliphatic carbocycles. The van der Waals surface area contributed by atoms with Crippen LogP contribution in [0.3, 0.4) is 0 Å². The van der Waals surface area contributed by atoms with Crippen molar-refractivity contribution >= 4 is 5.91 Å². The topological polar surface area (TPSA) is 58.4 Å². The molecule has 1 unspecified atom stereocenters. The molecule has 1 saturated heterocycles. The normalized spacial score (nSPS) is 15.6. The van der Waals surface area contributed by atoms with E-state index in [1.807, 2.05) is 19.1 Å². The van der Waals surface area contributed by atoms with E-state index >= 15 is 0 Å². The molecule has 0 aromatic heterocycles.